The van der Waals surface area contributed by atoms with Gasteiger partial charge in [0.15, 0.2) is 0 Å². The minimum Gasteiger partial charge on any atom is -0.383 e. The Labute approximate surface area is 144 Å². The van der Waals surface area contributed by atoms with Gasteiger partial charge in [-0.2, -0.15) is 4.31 Å². The molecule has 0 aromatic carbocycles. The number of aromatic nitrogens is 1. The predicted molar refractivity (Wildman–Crippen MR) is 93.1 cm³/mol. The molecule has 2 fully saturated rings. The summed E-state index contributed by atoms with van der Waals surface area (Å²) in [5.74, 6) is 0. The topological polar surface area (TPSA) is 62.7 Å². The van der Waals surface area contributed by atoms with Crippen molar-refractivity contribution >= 4 is 10.0 Å². The van der Waals surface area contributed by atoms with Crippen molar-refractivity contribution in [3.8, 4) is 0 Å². The highest BCUT2D eigenvalue weighted by Crippen LogP contribution is 2.43. The van der Waals surface area contributed by atoms with Crippen molar-refractivity contribution in [2.45, 2.75) is 43.8 Å². The van der Waals surface area contributed by atoms with E-state index in [9.17, 15) is 8.42 Å². The number of sulfonamides is 1. The third kappa shape index (κ3) is 3.64. The van der Waals surface area contributed by atoms with E-state index in [1.807, 2.05) is 24.4 Å². The van der Waals surface area contributed by atoms with Crippen molar-refractivity contribution in [1.29, 1.82) is 0 Å². The molecule has 3 rings (SSSR count). The molecular formula is C17H27N3O3S. The third-order valence-corrected chi connectivity index (χ3v) is 6.76. The van der Waals surface area contributed by atoms with Gasteiger partial charge in [0.2, 0.25) is 10.0 Å². The van der Waals surface area contributed by atoms with E-state index in [-0.39, 0.29) is 11.6 Å². The van der Waals surface area contributed by atoms with Gasteiger partial charge in [-0.25, -0.2) is 8.42 Å². The van der Waals surface area contributed by atoms with Gasteiger partial charge in [-0.1, -0.05) is 6.07 Å². The highest BCUT2D eigenvalue weighted by molar-refractivity contribution is 7.88. The second-order valence-electron chi connectivity index (χ2n) is 7.03. The molecule has 0 bridgehead atoms. The van der Waals surface area contributed by atoms with Gasteiger partial charge in [-0.3, -0.25) is 9.88 Å². The van der Waals surface area contributed by atoms with Crippen LogP contribution in [0.5, 0.6) is 0 Å². The number of methoxy groups -OCH3 is 1. The Morgan fingerprint density at radius 3 is 2.62 bits per heavy atom. The molecule has 1 atom stereocenters. The number of pyridine rings is 1. The van der Waals surface area contributed by atoms with Gasteiger partial charge in [0.05, 0.1) is 18.6 Å². The van der Waals surface area contributed by atoms with Gasteiger partial charge in [0, 0.05) is 44.5 Å². The molecule has 2 saturated heterocycles. The highest BCUT2D eigenvalue weighted by Gasteiger charge is 2.51. The summed E-state index contributed by atoms with van der Waals surface area (Å²) < 4.78 is 31.8. The van der Waals surface area contributed by atoms with Crippen molar-refractivity contribution in [1.82, 2.24) is 14.2 Å². The lowest BCUT2D eigenvalue weighted by molar-refractivity contribution is 0.0654. The van der Waals surface area contributed by atoms with E-state index in [1.54, 1.807) is 11.4 Å². The van der Waals surface area contributed by atoms with Crippen LogP contribution >= 0.6 is 0 Å². The van der Waals surface area contributed by atoms with E-state index in [4.69, 9.17) is 4.74 Å². The Morgan fingerprint density at radius 1 is 1.29 bits per heavy atom. The zero-order valence-electron chi connectivity index (χ0n) is 14.5. The second-order valence-corrected chi connectivity index (χ2v) is 8.89. The molecule has 1 aromatic rings. The van der Waals surface area contributed by atoms with Gasteiger partial charge in [0.1, 0.15) is 0 Å². The molecule has 24 heavy (non-hydrogen) atoms. The Kier molecular flexibility index (Phi) is 5.24. The molecule has 1 unspecified atom stereocenters. The minimum absolute atomic E-state index is 0.0210. The van der Waals surface area contributed by atoms with Gasteiger partial charge in [-0.05, 0) is 37.8 Å². The number of hydrogen-bond donors (Lipinski definition) is 0. The zero-order chi connectivity index (χ0) is 17.2. The third-order valence-electron chi connectivity index (χ3n) is 5.36. The Hall–Kier alpha value is -1.02. The normalized spacial score (nSPS) is 25.3. The number of rotatable bonds is 5. The first-order valence-electron chi connectivity index (χ1n) is 8.55. The largest absolute Gasteiger partial charge is 0.383 e. The summed E-state index contributed by atoms with van der Waals surface area (Å²) in [4.78, 5) is 6.76. The molecule has 0 amide bonds. The summed E-state index contributed by atoms with van der Waals surface area (Å²) in [7, 11) is -1.60. The van der Waals surface area contributed by atoms with Crippen LogP contribution in [-0.4, -0.2) is 67.2 Å². The molecule has 2 aliphatic rings. The molecule has 6 nitrogen and oxygen atoms in total. The lowest BCUT2D eigenvalue weighted by atomic mass is 9.86. The molecule has 0 radical (unpaired) electrons. The van der Waals surface area contributed by atoms with Gasteiger partial charge in [-0.15, -0.1) is 0 Å². The SMILES string of the molecule is COCC1CCC2(CCN(Cc3ccccn3)CC2)N1S(C)(=O)=O. The van der Waals surface area contributed by atoms with Crippen LogP contribution in [0.4, 0.5) is 0 Å². The lowest BCUT2D eigenvalue weighted by Gasteiger charge is -2.45. The van der Waals surface area contributed by atoms with Crippen molar-refractivity contribution in [2.75, 3.05) is 33.1 Å². The van der Waals surface area contributed by atoms with E-state index in [0.717, 1.165) is 51.0 Å². The maximum Gasteiger partial charge on any atom is 0.212 e. The molecule has 0 aliphatic carbocycles. The summed E-state index contributed by atoms with van der Waals surface area (Å²) in [5.41, 5.74) is 0.842. The van der Waals surface area contributed by atoms with Crippen molar-refractivity contribution in [3.63, 3.8) is 0 Å². The van der Waals surface area contributed by atoms with Gasteiger partial charge < -0.3 is 4.74 Å². The summed E-state index contributed by atoms with van der Waals surface area (Å²) in [6, 6.07) is 5.95. The fourth-order valence-corrected chi connectivity index (χ4v) is 6.02. The molecular weight excluding hydrogens is 326 g/mol. The van der Waals surface area contributed by atoms with E-state index in [0.29, 0.717) is 6.61 Å². The van der Waals surface area contributed by atoms with E-state index < -0.39 is 10.0 Å². The average Bonchev–Trinajstić information content (AvgIpc) is 2.90. The van der Waals surface area contributed by atoms with Crippen LogP contribution in [0.2, 0.25) is 0 Å². The fraction of sp³-hybridized carbons (Fsp3) is 0.706. The first-order valence-corrected chi connectivity index (χ1v) is 10.4. The Morgan fingerprint density at radius 2 is 2.04 bits per heavy atom. The van der Waals surface area contributed by atoms with Crippen LogP contribution in [0.25, 0.3) is 0 Å². The quantitative estimate of drug-likeness (QED) is 0.802. The molecule has 134 valence electrons. The van der Waals surface area contributed by atoms with Crippen LogP contribution in [0.3, 0.4) is 0 Å². The van der Waals surface area contributed by atoms with Crippen molar-refractivity contribution < 1.29 is 13.2 Å². The average molecular weight is 353 g/mol. The van der Waals surface area contributed by atoms with Crippen LogP contribution in [0, 0.1) is 0 Å². The van der Waals surface area contributed by atoms with Gasteiger partial charge in [0.25, 0.3) is 0 Å². The standard InChI is InChI=1S/C17H27N3O3S/c1-23-14-16-6-7-17(20(16)24(2,21)22)8-11-19(12-9-17)13-15-5-3-4-10-18-15/h3-5,10,16H,6-9,11-14H2,1-2H3. The Bertz CT molecular complexity index is 642. The first kappa shape index (κ1) is 17.8. The fourth-order valence-electron chi connectivity index (χ4n) is 4.33. The molecule has 7 heteroatoms. The zero-order valence-corrected chi connectivity index (χ0v) is 15.3. The van der Waals surface area contributed by atoms with Gasteiger partial charge >= 0.3 is 0 Å². The molecule has 2 aliphatic heterocycles. The molecule has 0 saturated carbocycles. The maximum atomic E-state index is 12.4. The highest BCUT2D eigenvalue weighted by atomic mass is 32.2. The second kappa shape index (κ2) is 7.07. The molecule has 3 heterocycles. The Balaban J connectivity index is 1.69. The predicted octanol–water partition coefficient (Wildman–Crippen LogP) is 1.49. The number of ether oxygens (including phenoxy) is 1. The van der Waals surface area contributed by atoms with Crippen molar-refractivity contribution in [2.24, 2.45) is 0 Å². The lowest BCUT2D eigenvalue weighted by Crippen LogP contribution is -2.56. The van der Waals surface area contributed by atoms with Crippen LogP contribution < -0.4 is 0 Å². The van der Waals surface area contributed by atoms with Crippen LogP contribution in [-0.2, 0) is 21.3 Å². The smallest absolute Gasteiger partial charge is 0.212 e. The van der Waals surface area contributed by atoms with Crippen LogP contribution in [0.15, 0.2) is 24.4 Å². The molecule has 0 N–H and O–H groups in total. The molecule has 1 spiro atoms. The van der Waals surface area contributed by atoms with Crippen molar-refractivity contribution in [3.05, 3.63) is 30.1 Å². The van der Waals surface area contributed by atoms with E-state index in [2.05, 4.69) is 9.88 Å². The summed E-state index contributed by atoms with van der Waals surface area (Å²) in [6.07, 6.45) is 6.74. The van der Waals surface area contributed by atoms with Crippen LogP contribution in [0.1, 0.15) is 31.4 Å². The summed E-state index contributed by atoms with van der Waals surface area (Å²) in [6.45, 7) is 3.12. The first-order chi connectivity index (χ1) is 11.4. The van der Waals surface area contributed by atoms with E-state index in [1.165, 1.54) is 6.26 Å². The number of hydrogen-bond acceptors (Lipinski definition) is 5. The number of nitrogens with zero attached hydrogens (tertiary/aromatic N) is 3. The maximum absolute atomic E-state index is 12.4. The summed E-state index contributed by atoms with van der Waals surface area (Å²) >= 11 is 0. The number of likely N-dealkylation sites (tertiary alicyclic amines) is 1. The summed E-state index contributed by atoms with van der Waals surface area (Å²) in [5, 5.41) is 0. The molecule has 1 aromatic heterocycles. The van der Waals surface area contributed by atoms with E-state index >= 15 is 0 Å². The number of piperidine rings is 1. The minimum atomic E-state index is -3.24. The monoisotopic (exact) mass is 353 g/mol.